The van der Waals surface area contributed by atoms with E-state index in [2.05, 4.69) is 10.3 Å². The van der Waals surface area contributed by atoms with Crippen LogP contribution in [0.1, 0.15) is 18.5 Å². The molecule has 1 N–H and O–H groups in total. The van der Waals surface area contributed by atoms with Gasteiger partial charge in [0, 0.05) is 24.3 Å². The third-order valence-electron chi connectivity index (χ3n) is 4.08. The van der Waals surface area contributed by atoms with Crippen LogP contribution in [0.2, 0.25) is 5.02 Å². The van der Waals surface area contributed by atoms with Crippen LogP contribution in [-0.4, -0.2) is 44.0 Å². The van der Waals surface area contributed by atoms with Crippen LogP contribution < -0.4 is 5.32 Å². The number of hydrogen-bond donors (Lipinski definition) is 1. The summed E-state index contributed by atoms with van der Waals surface area (Å²) in [4.78, 5) is 4.43. The fourth-order valence-corrected chi connectivity index (χ4v) is 4.33. The number of rotatable bonds is 5. The molecule has 2 heterocycles. The Morgan fingerprint density at radius 1 is 1.20 bits per heavy atom. The maximum atomic E-state index is 12.6. The van der Waals surface area contributed by atoms with Crippen LogP contribution in [0.5, 0.6) is 0 Å². The molecule has 1 aliphatic heterocycles. The van der Waals surface area contributed by atoms with Crippen LogP contribution in [0.25, 0.3) is 0 Å². The van der Waals surface area contributed by atoms with Gasteiger partial charge in [-0.1, -0.05) is 29.8 Å². The van der Waals surface area contributed by atoms with Crippen LogP contribution in [-0.2, 0) is 14.8 Å². The summed E-state index contributed by atoms with van der Waals surface area (Å²) in [6.07, 6.45) is 1.38. The topological polar surface area (TPSA) is 71.5 Å². The van der Waals surface area contributed by atoms with E-state index in [1.165, 1.54) is 10.5 Å². The molecular weight excluding hydrogens is 362 g/mol. The molecule has 134 valence electrons. The highest BCUT2D eigenvalue weighted by Gasteiger charge is 2.26. The minimum absolute atomic E-state index is 0.0529. The first-order valence-electron chi connectivity index (χ1n) is 8.03. The first-order valence-corrected chi connectivity index (χ1v) is 9.85. The summed E-state index contributed by atoms with van der Waals surface area (Å²) in [6.45, 7) is 3.54. The fourth-order valence-electron chi connectivity index (χ4n) is 2.68. The van der Waals surface area contributed by atoms with E-state index >= 15 is 0 Å². The molecule has 1 unspecified atom stereocenters. The number of aromatic nitrogens is 1. The number of benzene rings is 1. The third-order valence-corrected chi connectivity index (χ3v) is 6.31. The standard InChI is InChI=1S/C17H20ClN3O3S/c1-13(15-4-2-3-5-16(15)18)20-17-7-6-14(12-19-17)25(22,23)21-8-10-24-11-9-21/h2-7,12-13H,8-11H2,1H3,(H,19,20). The molecule has 0 spiro atoms. The molecule has 1 aromatic heterocycles. The molecule has 1 aromatic carbocycles. The van der Waals surface area contributed by atoms with Crippen molar-refractivity contribution in [1.29, 1.82) is 0 Å². The first kappa shape index (κ1) is 18.1. The summed E-state index contributed by atoms with van der Waals surface area (Å²) in [5, 5.41) is 3.91. The number of halogens is 1. The summed E-state index contributed by atoms with van der Waals surface area (Å²) in [5.41, 5.74) is 0.955. The van der Waals surface area contributed by atoms with E-state index in [4.69, 9.17) is 16.3 Å². The van der Waals surface area contributed by atoms with Crippen molar-refractivity contribution in [2.75, 3.05) is 31.6 Å². The van der Waals surface area contributed by atoms with Gasteiger partial charge in [0.05, 0.1) is 19.3 Å². The smallest absolute Gasteiger partial charge is 0.244 e. The SMILES string of the molecule is CC(Nc1ccc(S(=O)(=O)N2CCOCC2)cn1)c1ccccc1Cl. The Labute approximate surface area is 152 Å². The van der Waals surface area contributed by atoms with Gasteiger partial charge in [-0.3, -0.25) is 0 Å². The van der Waals surface area contributed by atoms with Crippen molar-refractivity contribution in [3.63, 3.8) is 0 Å². The molecule has 1 aliphatic rings. The molecule has 6 nitrogen and oxygen atoms in total. The number of pyridine rings is 1. The summed E-state index contributed by atoms with van der Waals surface area (Å²) in [6, 6.07) is 10.8. The molecule has 3 rings (SSSR count). The average Bonchev–Trinajstić information content (AvgIpc) is 2.63. The van der Waals surface area contributed by atoms with Gasteiger partial charge in [-0.15, -0.1) is 0 Å². The van der Waals surface area contributed by atoms with E-state index in [0.717, 1.165) is 5.56 Å². The zero-order valence-corrected chi connectivity index (χ0v) is 15.4. The number of sulfonamides is 1. The number of morpholine rings is 1. The summed E-state index contributed by atoms with van der Waals surface area (Å²) in [5.74, 6) is 0.591. The monoisotopic (exact) mass is 381 g/mol. The van der Waals surface area contributed by atoms with Crippen molar-refractivity contribution in [3.8, 4) is 0 Å². The molecule has 0 radical (unpaired) electrons. The third kappa shape index (κ3) is 4.12. The van der Waals surface area contributed by atoms with E-state index in [-0.39, 0.29) is 10.9 Å². The van der Waals surface area contributed by atoms with Gasteiger partial charge in [-0.25, -0.2) is 13.4 Å². The molecular formula is C17H20ClN3O3S. The van der Waals surface area contributed by atoms with E-state index < -0.39 is 10.0 Å². The Balaban J connectivity index is 1.73. The summed E-state index contributed by atoms with van der Waals surface area (Å²) >= 11 is 6.20. The van der Waals surface area contributed by atoms with Gasteiger partial charge in [0.15, 0.2) is 0 Å². The van der Waals surface area contributed by atoms with Crippen molar-refractivity contribution in [3.05, 3.63) is 53.2 Å². The molecule has 0 saturated carbocycles. The molecule has 0 aliphatic carbocycles. The molecule has 0 amide bonds. The van der Waals surface area contributed by atoms with Crippen LogP contribution in [0.3, 0.4) is 0 Å². The molecule has 1 saturated heterocycles. The fraction of sp³-hybridized carbons (Fsp3) is 0.353. The zero-order chi connectivity index (χ0) is 17.9. The van der Waals surface area contributed by atoms with Crippen LogP contribution in [0.4, 0.5) is 5.82 Å². The predicted molar refractivity (Wildman–Crippen MR) is 97.3 cm³/mol. The minimum atomic E-state index is -3.52. The maximum Gasteiger partial charge on any atom is 0.244 e. The largest absolute Gasteiger partial charge is 0.379 e. The van der Waals surface area contributed by atoms with Gasteiger partial charge in [0.1, 0.15) is 10.7 Å². The molecule has 0 bridgehead atoms. The van der Waals surface area contributed by atoms with Crippen molar-refractivity contribution in [2.45, 2.75) is 17.9 Å². The lowest BCUT2D eigenvalue weighted by Crippen LogP contribution is -2.40. The highest BCUT2D eigenvalue weighted by molar-refractivity contribution is 7.89. The highest BCUT2D eigenvalue weighted by Crippen LogP contribution is 2.25. The van der Waals surface area contributed by atoms with Gasteiger partial charge in [-0.2, -0.15) is 4.31 Å². The second-order valence-corrected chi connectivity index (χ2v) is 8.13. The normalized spacial score (nSPS) is 17.2. The molecule has 2 aromatic rings. The number of ether oxygens (including phenoxy) is 1. The van der Waals surface area contributed by atoms with Gasteiger partial charge >= 0.3 is 0 Å². The lowest BCUT2D eigenvalue weighted by Gasteiger charge is -2.26. The number of hydrogen-bond acceptors (Lipinski definition) is 5. The van der Waals surface area contributed by atoms with E-state index in [1.807, 2.05) is 31.2 Å². The minimum Gasteiger partial charge on any atom is -0.379 e. The summed E-state index contributed by atoms with van der Waals surface area (Å²) < 4.78 is 31.8. The Morgan fingerprint density at radius 2 is 1.92 bits per heavy atom. The quantitative estimate of drug-likeness (QED) is 0.862. The second kappa shape index (κ2) is 7.70. The average molecular weight is 382 g/mol. The van der Waals surface area contributed by atoms with Crippen molar-refractivity contribution >= 4 is 27.4 Å². The van der Waals surface area contributed by atoms with Crippen LogP contribution >= 0.6 is 11.6 Å². The van der Waals surface area contributed by atoms with E-state index in [1.54, 1.807) is 12.1 Å². The lowest BCUT2D eigenvalue weighted by atomic mass is 10.1. The van der Waals surface area contributed by atoms with Crippen molar-refractivity contribution in [2.24, 2.45) is 0 Å². The summed E-state index contributed by atoms with van der Waals surface area (Å²) in [7, 11) is -3.52. The van der Waals surface area contributed by atoms with Gasteiger partial charge in [-0.05, 0) is 30.7 Å². The Bertz CT molecular complexity index is 821. The van der Waals surface area contributed by atoms with Crippen LogP contribution in [0, 0.1) is 0 Å². The van der Waals surface area contributed by atoms with Crippen molar-refractivity contribution < 1.29 is 13.2 Å². The zero-order valence-electron chi connectivity index (χ0n) is 13.9. The molecule has 1 fully saturated rings. The van der Waals surface area contributed by atoms with E-state index in [9.17, 15) is 8.42 Å². The molecule has 1 atom stereocenters. The molecule has 25 heavy (non-hydrogen) atoms. The maximum absolute atomic E-state index is 12.6. The number of anilines is 1. The Hall–Kier alpha value is -1.67. The molecule has 8 heteroatoms. The van der Waals surface area contributed by atoms with Gasteiger partial charge < -0.3 is 10.1 Å². The number of nitrogens with one attached hydrogen (secondary N) is 1. The first-order chi connectivity index (χ1) is 12.0. The number of nitrogens with zero attached hydrogens (tertiary/aromatic N) is 2. The lowest BCUT2D eigenvalue weighted by molar-refractivity contribution is 0.0730. The Kier molecular flexibility index (Phi) is 5.58. The van der Waals surface area contributed by atoms with Crippen LogP contribution in [0.15, 0.2) is 47.5 Å². The Morgan fingerprint density at radius 3 is 2.56 bits per heavy atom. The van der Waals surface area contributed by atoms with Gasteiger partial charge in [0.2, 0.25) is 10.0 Å². The second-order valence-electron chi connectivity index (χ2n) is 5.78. The van der Waals surface area contributed by atoms with Gasteiger partial charge in [0.25, 0.3) is 0 Å². The highest BCUT2D eigenvalue weighted by atomic mass is 35.5. The predicted octanol–water partition coefficient (Wildman–Crippen LogP) is 2.93. The van der Waals surface area contributed by atoms with E-state index in [0.29, 0.717) is 37.1 Å². The van der Waals surface area contributed by atoms with Crippen molar-refractivity contribution in [1.82, 2.24) is 9.29 Å².